The number of benzene rings is 5. The van der Waals surface area contributed by atoms with Crippen molar-refractivity contribution >= 4 is 40.6 Å². The summed E-state index contributed by atoms with van der Waals surface area (Å²) in [5.74, 6) is -1.82. The van der Waals surface area contributed by atoms with Gasteiger partial charge in [0.05, 0.1) is 25.0 Å². The second kappa shape index (κ2) is 11.0. The number of nitrogens with one attached hydrogen (secondary N) is 1. The van der Waals surface area contributed by atoms with Crippen LogP contribution in [-0.4, -0.2) is 17.6 Å². The lowest BCUT2D eigenvalue weighted by Crippen LogP contribution is -2.56. The SMILES string of the molecule is CC(=O)[C@@H]1[C@]2(C(=O)N(Cc3ccccc3)c3ccc(Cl)cc32)[C@H](c2ccccc2)N[C@@]12C(=O)N(Cc1ccccc1)c1ccccc12. The predicted octanol–water partition coefficient (Wildman–Crippen LogP) is 7.12. The summed E-state index contributed by atoms with van der Waals surface area (Å²) in [6.07, 6.45) is 0. The number of anilines is 2. The van der Waals surface area contributed by atoms with Crippen LogP contribution in [0.5, 0.6) is 0 Å². The molecule has 3 aliphatic heterocycles. The van der Waals surface area contributed by atoms with Crippen LogP contribution in [0.25, 0.3) is 0 Å². The Labute approximate surface area is 278 Å². The van der Waals surface area contributed by atoms with E-state index >= 15 is 9.59 Å². The molecule has 2 amide bonds. The second-order valence-electron chi connectivity index (χ2n) is 12.6. The molecular formula is C40H32ClN3O3. The molecule has 6 nitrogen and oxygen atoms in total. The smallest absolute Gasteiger partial charge is 0.253 e. The van der Waals surface area contributed by atoms with E-state index in [-0.39, 0.29) is 17.6 Å². The molecular weight excluding hydrogens is 606 g/mol. The van der Waals surface area contributed by atoms with Gasteiger partial charge in [0.15, 0.2) is 0 Å². The molecule has 0 aromatic heterocycles. The van der Waals surface area contributed by atoms with Crippen molar-refractivity contribution in [2.45, 2.75) is 37.0 Å². The first kappa shape index (κ1) is 29.4. The Kier molecular flexibility index (Phi) is 6.90. The molecule has 2 spiro atoms. The Morgan fingerprint density at radius 2 is 1.21 bits per heavy atom. The number of ketones is 1. The molecule has 0 aliphatic carbocycles. The highest BCUT2D eigenvalue weighted by molar-refractivity contribution is 6.31. The number of para-hydroxylation sites is 1. The van der Waals surface area contributed by atoms with Crippen LogP contribution in [0, 0.1) is 5.92 Å². The minimum absolute atomic E-state index is 0.233. The van der Waals surface area contributed by atoms with Crippen molar-refractivity contribution in [1.82, 2.24) is 5.32 Å². The fourth-order valence-electron chi connectivity index (χ4n) is 8.38. The summed E-state index contributed by atoms with van der Waals surface area (Å²) >= 11 is 6.73. The van der Waals surface area contributed by atoms with E-state index in [1.54, 1.807) is 15.9 Å². The molecule has 0 unspecified atom stereocenters. The fraction of sp³-hybridized carbons (Fsp3) is 0.175. The van der Waals surface area contributed by atoms with Gasteiger partial charge in [0.1, 0.15) is 16.7 Å². The molecule has 5 aromatic carbocycles. The zero-order valence-electron chi connectivity index (χ0n) is 25.8. The highest BCUT2D eigenvalue weighted by Gasteiger charge is 2.76. The van der Waals surface area contributed by atoms with Crippen molar-refractivity contribution in [2.75, 3.05) is 9.80 Å². The molecule has 0 radical (unpaired) electrons. The molecule has 1 saturated heterocycles. The molecule has 1 fully saturated rings. The molecule has 4 atom stereocenters. The lowest BCUT2D eigenvalue weighted by Gasteiger charge is -2.37. The van der Waals surface area contributed by atoms with Gasteiger partial charge in [-0.2, -0.15) is 0 Å². The quantitative estimate of drug-likeness (QED) is 0.215. The third kappa shape index (κ3) is 4.18. The van der Waals surface area contributed by atoms with Crippen LogP contribution in [-0.2, 0) is 38.4 Å². The average Bonchev–Trinajstić information content (AvgIpc) is 3.63. The van der Waals surface area contributed by atoms with Crippen LogP contribution in [0.3, 0.4) is 0 Å². The molecule has 5 aromatic rings. The Morgan fingerprint density at radius 1 is 0.681 bits per heavy atom. The largest absolute Gasteiger partial charge is 0.307 e. The molecule has 3 aliphatic rings. The monoisotopic (exact) mass is 637 g/mol. The van der Waals surface area contributed by atoms with Gasteiger partial charge < -0.3 is 9.80 Å². The van der Waals surface area contributed by atoms with Gasteiger partial charge in [0.2, 0.25) is 5.91 Å². The zero-order chi connectivity index (χ0) is 32.3. The number of hydrogen-bond acceptors (Lipinski definition) is 4. The standard InChI is InChI=1S/C40H32ClN3O3/c1-26(45)35-39(32-23-30(41)21-22-34(32)43(37(39)46)24-27-13-5-2-6-14-27)36(29-17-9-4-10-18-29)42-40(35)31-19-11-12-20-33(31)44(38(40)47)25-28-15-7-3-8-16-28/h2-23,35-36,42H,24-25H2,1H3/t35-,36+,39+,40-/m1/s1. The Balaban J connectivity index is 1.40. The van der Waals surface area contributed by atoms with Crippen LogP contribution in [0.4, 0.5) is 11.4 Å². The van der Waals surface area contributed by atoms with E-state index in [0.29, 0.717) is 34.9 Å². The number of halogens is 1. The lowest BCUT2D eigenvalue weighted by atomic mass is 9.60. The van der Waals surface area contributed by atoms with Crippen LogP contribution in [0.1, 0.15) is 40.8 Å². The maximum absolute atomic E-state index is 15.5. The minimum atomic E-state index is -1.52. The number of Topliss-reactive ketones (excluding diaryl/α,β-unsaturated/α-hetero) is 1. The van der Waals surface area contributed by atoms with Gasteiger partial charge in [0, 0.05) is 22.0 Å². The highest BCUT2D eigenvalue weighted by atomic mass is 35.5. The van der Waals surface area contributed by atoms with Crippen molar-refractivity contribution in [1.29, 1.82) is 0 Å². The number of rotatable bonds is 6. The van der Waals surface area contributed by atoms with Gasteiger partial charge in [-0.3, -0.25) is 19.7 Å². The molecule has 47 heavy (non-hydrogen) atoms. The summed E-state index contributed by atoms with van der Waals surface area (Å²) in [5, 5.41) is 4.20. The van der Waals surface area contributed by atoms with E-state index in [4.69, 9.17) is 11.6 Å². The minimum Gasteiger partial charge on any atom is -0.307 e. The van der Waals surface area contributed by atoms with Gasteiger partial charge in [-0.05, 0) is 53.4 Å². The normalized spacial score (nSPS) is 24.3. The third-order valence-corrected chi connectivity index (χ3v) is 10.4. The number of fused-ring (bicyclic) bond motifs is 4. The van der Waals surface area contributed by atoms with E-state index in [1.165, 1.54) is 6.92 Å². The third-order valence-electron chi connectivity index (χ3n) is 10.1. The van der Waals surface area contributed by atoms with Crippen molar-refractivity contribution < 1.29 is 14.4 Å². The van der Waals surface area contributed by atoms with Crippen molar-refractivity contribution in [3.63, 3.8) is 0 Å². The topological polar surface area (TPSA) is 69.7 Å². The summed E-state index contributed by atoms with van der Waals surface area (Å²) in [5.41, 5.74) is 2.48. The first-order valence-electron chi connectivity index (χ1n) is 15.8. The molecule has 0 saturated carbocycles. The molecule has 7 heteroatoms. The van der Waals surface area contributed by atoms with E-state index in [0.717, 1.165) is 22.4 Å². The first-order chi connectivity index (χ1) is 22.9. The zero-order valence-corrected chi connectivity index (χ0v) is 26.5. The maximum Gasteiger partial charge on any atom is 0.253 e. The Bertz CT molecular complexity index is 2040. The highest BCUT2D eigenvalue weighted by Crippen LogP contribution is 2.65. The van der Waals surface area contributed by atoms with Crippen LogP contribution >= 0.6 is 11.6 Å². The number of carbonyl (C=O) groups excluding carboxylic acids is 3. The number of hydrogen-bond donors (Lipinski definition) is 1. The van der Waals surface area contributed by atoms with E-state index in [2.05, 4.69) is 5.32 Å². The maximum atomic E-state index is 15.5. The number of nitrogens with zero attached hydrogens (tertiary/aromatic N) is 2. The first-order valence-corrected chi connectivity index (χ1v) is 16.2. The number of amides is 2. The fourth-order valence-corrected chi connectivity index (χ4v) is 8.55. The summed E-state index contributed by atoms with van der Waals surface area (Å²) in [7, 11) is 0. The average molecular weight is 638 g/mol. The van der Waals surface area contributed by atoms with Crippen LogP contribution in [0.15, 0.2) is 133 Å². The number of carbonyl (C=O) groups is 3. The van der Waals surface area contributed by atoms with Crippen molar-refractivity contribution in [2.24, 2.45) is 5.92 Å². The van der Waals surface area contributed by atoms with Gasteiger partial charge >= 0.3 is 0 Å². The second-order valence-corrected chi connectivity index (χ2v) is 13.1. The lowest BCUT2D eigenvalue weighted by molar-refractivity contribution is -0.137. The van der Waals surface area contributed by atoms with E-state index in [9.17, 15) is 4.79 Å². The van der Waals surface area contributed by atoms with Gasteiger partial charge in [-0.15, -0.1) is 0 Å². The van der Waals surface area contributed by atoms with E-state index < -0.39 is 22.9 Å². The van der Waals surface area contributed by atoms with Crippen LogP contribution < -0.4 is 15.1 Å². The molecule has 3 heterocycles. The summed E-state index contributed by atoms with van der Waals surface area (Å²) < 4.78 is 0. The molecule has 0 bridgehead atoms. The summed E-state index contributed by atoms with van der Waals surface area (Å²) in [4.78, 5) is 48.7. The van der Waals surface area contributed by atoms with Crippen molar-refractivity contribution in [3.8, 4) is 0 Å². The summed E-state index contributed by atoms with van der Waals surface area (Å²) in [6, 6.07) is 41.7. The Morgan fingerprint density at radius 3 is 1.83 bits per heavy atom. The molecule has 8 rings (SSSR count). The molecule has 232 valence electrons. The Hall–Kier alpha value is -5.04. The van der Waals surface area contributed by atoms with Crippen molar-refractivity contribution in [3.05, 3.63) is 166 Å². The van der Waals surface area contributed by atoms with Gasteiger partial charge in [0.25, 0.3) is 5.91 Å². The van der Waals surface area contributed by atoms with Gasteiger partial charge in [-0.1, -0.05) is 121 Å². The van der Waals surface area contributed by atoms with E-state index in [1.807, 2.05) is 127 Å². The summed E-state index contributed by atoms with van der Waals surface area (Å²) in [6.45, 7) is 2.14. The van der Waals surface area contributed by atoms with Gasteiger partial charge in [-0.25, -0.2) is 0 Å². The molecule has 1 N–H and O–H groups in total. The predicted molar refractivity (Wildman–Crippen MR) is 183 cm³/mol. The van der Waals surface area contributed by atoms with Crippen LogP contribution in [0.2, 0.25) is 5.02 Å².